The molecule has 3 aromatic carbocycles. The molecular weight excluding hydrogens is 566 g/mol. The molecule has 2 N–H and O–H groups in total. The average Bonchev–Trinajstić information content (AvgIpc) is 3.21. The Morgan fingerprint density at radius 1 is 0.884 bits per heavy atom. The Morgan fingerprint density at radius 3 is 2.21 bits per heavy atom. The number of benzene rings is 3. The fraction of sp³-hybridized carbons (Fsp3) is 0.257. The smallest absolute Gasteiger partial charge is 0.323 e. The number of carbonyl (C=O) groups is 2. The Morgan fingerprint density at radius 2 is 1.56 bits per heavy atom. The average molecular weight is 602 g/mol. The molecule has 0 unspecified atom stereocenters. The van der Waals surface area contributed by atoms with Gasteiger partial charge in [-0.15, -0.1) is 0 Å². The van der Waals surface area contributed by atoms with E-state index in [-0.39, 0.29) is 13.0 Å². The SMILES string of the molecule is Cc1cc(Cl)cc(C)c1OC/C=C/COc1ccc(C=Cc2cccc3c(CCCC(=O)O)c(C)n(CC(=O)O)c23)cc1. The molecule has 43 heavy (non-hydrogen) atoms. The van der Waals surface area contributed by atoms with Crippen molar-refractivity contribution in [1.82, 2.24) is 4.57 Å². The van der Waals surface area contributed by atoms with E-state index in [2.05, 4.69) is 0 Å². The second-order valence-corrected chi connectivity index (χ2v) is 10.8. The maximum Gasteiger partial charge on any atom is 0.323 e. The molecule has 4 rings (SSSR count). The Bertz CT molecular complexity index is 1640. The van der Waals surface area contributed by atoms with Gasteiger partial charge in [-0.25, -0.2) is 0 Å². The van der Waals surface area contributed by atoms with Gasteiger partial charge >= 0.3 is 11.9 Å². The van der Waals surface area contributed by atoms with Crippen LogP contribution in [0.2, 0.25) is 5.02 Å². The number of hydrogen-bond acceptors (Lipinski definition) is 4. The summed E-state index contributed by atoms with van der Waals surface area (Å²) in [5, 5.41) is 20.3. The maximum atomic E-state index is 11.7. The summed E-state index contributed by atoms with van der Waals surface area (Å²) < 4.78 is 13.5. The van der Waals surface area contributed by atoms with E-state index < -0.39 is 11.9 Å². The standard InChI is InChI=1S/C35H36ClNO6/c1-23-20-28(36)21-24(2)35(23)43-19-5-4-18-42-29-16-13-26(14-17-29)12-15-27-8-6-10-31-30(9-7-11-32(38)39)25(3)37(34(27)31)22-33(40)41/h4-6,8,10,12-17,20-21H,7,9,11,18-19,22H2,1-3H3,(H,38,39)(H,40,41)/b5-4+,15-12?. The highest BCUT2D eigenvalue weighted by atomic mass is 35.5. The number of carboxylic acids is 2. The Balaban J connectivity index is 1.40. The molecule has 0 aliphatic heterocycles. The van der Waals surface area contributed by atoms with Crippen LogP contribution in [0.3, 0.4) is 0 Å². The fourth-order valence-corrected chi connectivity index (χ4v) is 5.56. The number of aryl methyl sites for hydroxylation is 3. The van der Waals surface area contributed by atoms with Crippen LogP contribution in [0.15, 0.2) is 66.7 Å². The van der Waals surface area contributed by atoms with Crippen LogP contribution in [0.1, 0.15) is 46.4 Å². The second-order valence-electron chi connectivity index (χ2n) is 10.4. The van der Waals surface area contributed by atoms with Crippen molar-refractivity contribution in [2.45, 2.75) is 46.6 Å². The summed E-state index contributed by atoms with van der Waals surface area (Å²) in [6, 6.07) is 17.4. The topological polar surface area (TPSA) is 98.0 Å². The third-order valence-corrected chi connectivity index (χ3v) is 7.43. The Labute approximate surface area is 256 Å². The van der Waals surface area contributed by atoms with Crippen molar-refractivity contribution >= 4 is 46.6 Å². The number of aromatic nitrogens is 1. The summed E-state index contributed by atoms with van der Waals surface area (Å²) in [4.78, 5) is 22.7. The van der Waals surface area contributed by atoms with Gasteiger partial charge in [0.05, 0.1) is 5.52 Å². The zero-order valence-electron chi connectivity index (χ0n) is 24.6. The van der Waals surface area contributed by atoms with Crippen molar-refractivity contribution < 1.29 is 29.3 Å². The second kappa shape index (κ2) is 14.6. The molecule has 0 saturated carbocycles. The van der Waals surface area contributed by atoms with Gasteiger partial charge in [0.15, 0.2) is 0 Å². The van der Waals surface area contributed by atoms with Gasteiger partial charge in [0.25, 0.3) is 0 Å². The number of carboxylic acid groups (broad SMARTS) is 2. The van der Waals surface area contributed by atoms with E-state index in [0.717, 1.165) is 55.9 Å². The zero-order valence-corrected chi connectivity index (χ0v) is 25.4. The molecule has 0 amide bonds. The molecule has 1 heterocycles. The molecule has 8 heteroatoms. The van der Waals surface area contributed by atoms with Gasteiger partial charge in [-0.1, -0.05) is 54.1 Å². The fourth-order valence-electron chi connectivity index (χ4n) is 5.23. The summed E-state index contributed by atoms with van der Waals surface area (Å²) in [5.41, 5.74) is 6.54. The van der Waals surface area contributed by atoms with Gasteiger partial charge in [0, 0.05) is 22.5 Å². The highest BCUT2D eigenvalue weighted by molar-refractivity contribution is 6.30. The minimum absolute atomic E-state index is 0.0683. The minimum Gasteiger partial charge on any atom is -0.490 e. The maximum absolute atomic E-state index is 11.7. The predicted molar refractivity (Wildman–Crippen MR) is 171 cm³/mol. The van der Waals surface area contributed by atoms with E-state index in [1.54, 1.807) is 4.57 Å². The molecule has 0 aliphatic carbocycles. The van der Waals surface area contributed by atoms with E-state index >= 15 is 0 Å². The van der Waals surface area contributed by atoms with E-state index in [4.69, 9.17) is 26.2 Å². The van der Waals surface area contributed by atoms with Gasteiger partial charge in [-0.3, -0.25) is 9.59 Å². The van der Waals surface area contributed by atoms with Crippen LogP contribution in [-0.4, -0.2) is 39.9 Å². The normalized spacial score (nSPS) is 11.5. The molecule has 1 aromatic heterocycles. The number of fused-ring (bicyclic) bond motifs is 1. The van der Waals surface area contributed by atoms with Crippen LogP contribution in [0.5, 0.6) is 11.5 Å². The largest absolute Gasteiger partial charge is 0.490 e. The first-order chi connectivity index (χ1) is 20.6. The number of aliphatic carboxylic acids is 2. The first-order valence-electron chi connectivity index (χ1n) is 14.1. The van der Waals surface area contributed by atoms with E-state index in [1.807, 2.05) is 99.7 Å². The molecule has 0 saturated heterocycles. The molecule has 0 atom stereocenters. The quantitative estimate of drug-likeness (QED) is 0.113. The summed E-state index contributed by atoms with van der Waals surface area (Å²) in [5.74, 6) is -0.184. The highest BCUT2D eigenvalue weighted by Gasteiger charge is 2.18. The van der Waals surface area contributed by atoms with Gasteiger partial charge < -0.3 is 24.3 Å². The van der Waals surface area contributed by atoms with Gasteiger partial charge in [-0.05, 0) is 97.8 Å². The van der Waals surface area contributed by atoms with Crippen LogP contribution in [0.25, 0.3) is 23.1 Å². The van der Waals surface area contributed by atoms with E-state index in [9.17, 15) is 14.7 Å². The van der Waals surface area contributed by atoms with Crippen molar-refractivity contribution in [2.75, 3.05) is 13.2 Å². The zero-order chi connectivity index (χ0) is 30.9. The van der Waals surface area contributed by atoms with E-state index in [0.29, 0.717) is 31.1 Å². The van der Waals surface area contributed by atoms with Gasteiger partial charge in [-0.2, -0.15) is 0 Å². The number of nitrogens with zero attached hydrogens (tertiary/aromatic N) is 1. The van der Waals surface area contributed by atoms with Crippen LogP contribution in [0, 0.1) is 20.8 Å². The monoisotopic (exact) mass is 601 g/mol. The predicted octanol–water partition coefficient (Wildman–Crippen LogP) is 7.90. The van der Waals surface area contributed by atoms with Crippen molar-refractivity contribution in [1.29, 1.82) is 0 Å². The molecular formula is C35H36ClNO6. The third kappa shape index (κ3) is 8.30. The summed E-state index contributed by atoms with van der Waals surface area (Å²) in [6.45, 7) is 6.52. The summed E-state index contributed by atoms with van der Waals surface area (Å²) in [6.07, 6.45) is 8.92. The lowest BCUT2D eigenvalue weighted by Gasteiger charge is -2.11. The van der Waals surface area contributed by atoms with Crippen molar-refractivity contribution in [3.63, 3.8) is 0 Å². The highest BCUT2D eigenvalue weighted by Crippen LogP contribution is 2.31. The number of hydrogen-bond donors (Lipinski definition) is 2. The minimum atomic E-state index is -0.930. The summed E-state index contributed by atoms with van der Waals surface area (Å²) in [7, 11) is 0. The number of halogens is 1. The first-order valence-corrected chi connectivity index (χ1v) is 14.5. The molecule has 0 spiro atoms. The number of ether oxygens (including phenoxy) is 2. The molecule has 0 aliphatic rings. The number of rotatable bonds is 14. The summed E-state index contributed by atoms with van der Waals surface area (Å²) >= 11 is 6.08. The number of para-hydroxylation sites is 1. The van der Waals surface area contributed by atoms with E-state index in [1.165, 1.54) is 0 Å². The molecule has 7 nitrogen and oxygen atoms in total. The van der Waals surface area contributed by atoms with Crippen molar-refractivity contribution in [3.05, 3.63) is 105 Å². The molecule has 0 radical (unpaired) electrons. The molecule has 0 bridgehead atoms. The van der Waals surface area contributed by atoms with Gasteiger partial charge in [0.2, 0.25) is 0 Å². The lowest BCUT2D eigenvalue weighted by molar-refractivity contribution is -0.138. The van der Waals surface area contributed by atoms with Gasteiger partial charge in [0.1, 0.15) is 31.3 Å². The molecule has 224 valence electrons. The first kappa shape index (κ1) is 31.4. The van der Waals surface area contributed by atoms with Crippen LogP contribution in [0.4, 0.5) is 0 Å². The lowest BCUT2D eigenvalue weighted by Crippen LogP contribution is -2.10. The van der Waals surface area contributed by atoms with Crippen LogP contribution < -0.4 is 9.47 Å². The lowest BCUT2D eigenvalue weighted by atomic mass is 10.0. The third-order valence-electron chi connectivity index (χ3n) is 7.21. The van der Waals surface area contributed by atoms with Crippen LogP contribution in [-0.2, 0) is 22.6 Å². The Kier molecular flexibility index (Phi) is 10.7. The van der Waals surface area contributed by atoms with Crippen molar-refractivity contribution in [3.8, 4) is 11.5 Å². The Hall–Kier alpha value is -4.49. The van der Waals surface area contributed by atoms with Crippen LogP contribution >= 0.6 is 11.6 Å². The van der Waals surface area contributed by atoms with Crippen molar-refractivity contribution in [2.24, 2.45) is 0 Å². The molecule has 0 fully saturated rings. The molecule has 4 aromatic rings.